The summed E-state index contributed by atoms with van der Waals surface area (Å²) in [7, 11) is 0. The molecule has 5 nitrogen and oxygen atoms in total. The molecule has 1 rings (SSSR count). The number of non-ortho nitro benzene ring substituents is 1. The number of hydrogen-bond acceptors (Lipinski definition) is 4. The number of aliphatic hydroxyl groups excluding tert-OH is 1. The van der Waals surface area contributed by atoms with Crippen LogP contribution in [0.4, 0.5) is 5.69 Å². The average Bonchev–Trinajstić information content (AvgIpc) is 2.28. The van der Waals surface area contributed by atoms with E-state index < -0.39 is 16.4 Å². The van der Waals surface area contributed by atoms with Crippen LogP contribution in [0.5, 0.6) is 0 Å². The van der Waals surface area contributed by atoms with Crippen molar-refractivity contribution in [3.8, 4) is 0 Å². The molecule has 0 saturated heterocycles. The first kappa shape index (κ1) is 12.6. The van der Waals surface area contributed by atoms with Gasteiger partial charge in [-0.1, -0.05) is 26.0 Å². The molecule has 1 atom stereocenters. The minimum Gasteiger partial charge on any atom is -0.395 e. The molecule has 0 radical (unpaired) electrons. The van der Waals surface area contributed by atoms with Crippen molar-refractivity contribution in [2.24, 2.45) is 5.73 Å². The molecule has 0 saturated carbocycles. The van der Waals surface area contributed by atoms with Crippen LogP contribution in [0.25, 0.3) is 0 Å². The van der Waals surface area contributed by atoms with E-state index in [0.717, 1.165) is 5.56 Å². The Bertz CT molecular complexity index is 391. The summed E-state index contributed by atoms with van der Waals surface area (Å²) in [5, 5.41) is 19.7. The summed E-state index contributed by atoms with van der Waals surface area (Å²) in [6.45, 7) is 3.55. The Hall–Kier alpha value is -1.46. The predicted octanol–water partition coefficient (Wildman–Crippen LogP) is 1.19. The van der Waals surface area contributed by atoms with Gasteiger partial charge < -0.3 is 10.8 Å². The summed E-state index contributed by atoms with van der Waals surface area (Å²) >= 11 is 0. The fraction of sp³-hybridized carbons (Fsp3) is 0.455. The minimum atomic E-state index is -0.499. The van der Waals surface area contributed by atoms with Crippen LogP contribution in [-0.4, -0.2) is 22.7 Å². The maximum absolute atomic E-state index is 10.6. The number of hydrogen-bond donors (Lipinski definition) is 2. The van der Waals surface area contributed by atoms with E-state index in [-0.39, 0.29) is 12.3 Å². The van der Waals surface area contributed by atoms with Crippen molar-refractivity contribution < 1.29 is 10.0 Å². The van der Waals surface area contributed by atoms with Crippen LogP contribution in [0.1, 0.15) is 19.4 Å². The average molecular weight is 224 g/mol. The monoisotopic (exact) mass is 224 g/mol. The van der Waals surface area contributed by atoms with E-state index in [1.54, 1.807) is 12.1 Å². The summed E-state index contributed by atoms with van der Waals surface area (Å²) < 4.78 is 0. The Balaban J connectivity index is 3.13. The molecule has 1 aromatic rings. The van der Waals surface area contributed by atoms with Crippen LogP contribution in [0.15, 0.2) is 24.3 Å². The number of nitro benzene ring substituents is 1. The van der Waals surface area contributed by atoms with Crippen molar-refractivity contribution in [2.75, 3.05) is 6.61 Å². The topological polar surface area (TPSA) is 89.4 Å². The van der Waals surface area contributed by atoms with Gasteiger partial charge in [0.25, 0.3) is 5.69 Å². The molecule has 5 heteroatoms. The zero-order chi connectivity index (χ0) is 12.3. The Kier molecular flexibility index (Phi) is 3.62. The third-order valence-electron chi connectivity index (χ3n) is 2.92. The molecule has 1 unspecified atom stereocenters. The Morgan fingerprint density at radius 2 is 2.19 bits per heavy atom. The van der Waals surface area contributed by atoms with Crippen LogP contribution in [-0.2, 0) is 5.41 Å². The van der Waals surface area contributed by atoms with Gasteiger partial charge >= 0.3 is 0 Å². The SMILES string of the molecule is CC(C)(c1cccc([N+](=O)[O-])c1)C(N)CO. The highest BCUT2D eigenvalue weighted by Crippen LogP contribution is 2.28. The molecule has 0 heterocycles. The maximum Gasteiger partial charge on any atom is 0.269 e. The first-order valence-electron chi connectivity index (χ1n) is 5.01. The summed E-state index contributed by atoms with van der Waals surface area (Å²) in [6, 6.07) is 5.89. The van der Waals surface area contributed by atoms with Gasteiger partial charge in [0.15, 0.2) is 0 Å². The standard InChI is InChI=1S/C11H16N2O3/c1-11(2,10(12)7-14)8-4-3-5-9(6-8)13(15)16/h3-6,10,14H,7,12H2,1-2H3. The van der Waals surface area contributed by atoms with Gasteiger partial charge in [0.2, 0.25) is 0 Å². The predicted molar refractivity (Wildman–Crippen MR) is 61.2 cm³/mol. The van der Waals surface area contributed by atoms with Crippen molar-refractivity contribution in [1.29, 1.82) is 0 Å². The van der Waals surface area contributed by atoms with Gasteiger partial charge in [-0.25, -0.2) is 0 Å². The molecule has 3 N–H and O–H groups in total. The zero-order valence-corrected chi connectivity index (χ0v) is 9.38. The summed E-state index contributed by atoms with van der Waals surface area (Å²) in [5.74, 6) is 0. The van der Waals surface area contributed by atoms with Crippen LogP contribution >= 0.6 is 0 Å². The van der Waals surface area contributed by atoms with Gasteiger partial charge in [-0.3, -0.25) is 10.1 Å². The van der Waals surface area contributed by atoms with E-state index >= 15 is 0 Å². The lowest BCUT2D eigenvalue weighted by Crippen LogP contribution is -2.43. The molecule has 88 valence electrons. The summed E-state index contributed by atoms with van der Waals surface area (Å²) in [6.07, 6.45) is 0. The lowest BCUT2D eigenvalue weighted by Gasteiger charge is -2.30. The lowest BCUT2D eigenvalue weighted by molar-refractivity contribution is -0.385. The summed E-state index contributed by atoms with van der Waals surface area (Å²) in [5.41, 5.74) is 6.08. The second-order valence-corrected chi connectivity index (χ2v) is 4.32. The first-order chi connectivity index (χ1) is 7.39. The number of nitro groups is 1. The van der Waals surface area contributed by atoms with E-state index in [1.807, 2.05) is 13.8 Å². The fourth-order valence-electron chi connectivity index (χ4n) is 1.46. The molecule has 0 aliphatic carbocycles. The summed E-state index contributed by atoms with van der Waals surface area (Å²) in [4.78, 5) is 10.2. The number of nitrogens with zero attached hydrogens (tertiary/aromatic N) is 1. The Morgan fingerprint density at radius 3 is 2.69 bits per heavy atom. The second kappa shape index (κ2) is 4.59. The quantitative estimate of drug-likeness (QED) is 0.593. The Morgan fingerprint density at radius 1 is 1.56 bits per heavy atom. The molecule has 0 aliphatic rings. The van der Waals surface area contributed by atoms with Gasteiger partial charge in [-0.05, 0) is 5.56 Å². The number of benzene rings is 1. The third-order valence-corrected chi connectivity index (χ3v) is 2.92. The van der Waals surface area contributed by atoms with Crippen LogP contribution in [0, 0.1) is 10.1 Å². The minimum absolute atomic E-state index is 0.0377. The van der Waals surface area contributed by atoms with Crippen LogP contribution in [0.2, 0.25) is 0 Å². The van der Waals surface area contributed by atoms with Crippen LogP contribution in [0.3, 0.4) is 0 Å². The van der Waals surface area contributed by atoms with Gasteiger partial charge in [0.1, 0.15) is 0 Å². The van der Waals surface area contributed by atoms with E-state index in [0.29, 0.717) is 0 Å². The molecular formula is C11H16N2O3. The third kappa shape index (κ3) is 2.37. The van der Waals surface area contributed by atoms with E-state index in [9.17, 15) is 10.1 Å². The molecule has 16 heavy (non-hydrogen) atoms. The van der Waals surface area contributed by atoms with Gasteiger partial charge in [0.05, 0.1) is 11.5 Å². The molecule has 0 spiro atoms. The zero-order valence-electron chi connectivity index (χ0n) is 9.38. The molecule has 0 fully saturated rings. The lowest BCUT2D eigenvalue weighted by atomic mass is 9.78. The smallest absolute Gasteiger partial charge is 0.269 e. The largest absolute Gasteiger partial charge is 0.395 e. The fourth-order valence-corrected chi connectivity index (χ4v) is 1.46. The first-order valence-corrected chi connectivity index (χ1v) is 5.01. The Labute approximate surface area is 94.0 Å². The number of aliphatic hydroxyl groups is 1. The molecule has 0 aliphatic heterocycles. The van der Waals surface area contributed by atoms with Crippen LogP contribution < -0.4 is 5.73 Å². The van der Waals surface area contributed by atoms with Crippen molar-refractivity contribution in [3.05, 3.63) is 39.9 Å². The van der Waals surface area contributed by atoms with Crippen molar-refractivity contribution in [1.82, 2.24) is 0 Å². The van der Waals surface area contributed by atoms with E-state index in [4.69, 9.17) is 10.8 Å². The maximum atomic E-state index is 10.6. The molecule has 0 amide bonds. The molecule has 0 aromatic heterocycles. The van der Waals surface area contributed by atoms with E-state index in [1.165, 1.54) is 12.1 Å². The van der Waals surface area contributed by atoms with Gasteiger partial charge in [-0.2, -0.15) is 0 Å². The highest BCUT2D eigenvalue weighted by molar-refractivity contribution is 5.38. The number of nitrogens with two attached hydrogens (primary N) is 1. The van der Waals surface area contributed by atoms with E-state index in [2.05, 4.69) is 0 Å². The van der Waals surface area contributed by atoms with Crippen molar-refractivity contribution >= 4 is 5.69 Å². The molecular weight excluding hydrogens is 208 g/mol. The van der Waals surface area contributed by atoms with Crippen molar-refractivity contribution in [2.45, 2.75) is 25.3 Å². The second-order valence-electron chi connectivity index (χ2n) is 4.32. The van der Waals surface area contributed by atoms with Crippen molar-refractivity contribution in [3.63, 3.8) is 0 Å². The van der Waals surface area contributed by atoms with Gasteiger partial charge in [-0.15, -0.1) is 0 Å². The molecule has 1 aromatic carbocycles. The highest BCUT2D eigenvalue weighted by Gasteiger charge is 2.29. The highest BCUT2D eigenvalue weighted by atomic mass is 16.6. The number of rotatable bonds is 4. The molecule has 0 bridgehead atoms. The normalized spacial score (nSPS) is 13.5. The van der Waals surface area contributed by atoms with Gasteiger partial charge in [0, 0.05) is 23.6 Å².